The molecule has 0 amide bonds. The molecule has 2 rings (SSSR count). The van der Waals surface area contributed by atoms with Crippen molar-refractivity contribution >= 4 is 15.9 Å². The van der Waals surface area contributed by atoms with E-state index in [-0.39, 0.29) is 6.61 Å². The molecule has 0 aromatic heterocycles. The molecule has 0 spiro atoms. The van der Waals surface area contributed by atoms with Gasteiger partial charge in [0.1, 0.15) is 5.75 Å². The summed E-state index contributed by atoms with van der Waals surface area (Å²) in [6, 6.07) is 5.83. The third kappa shape index (κ3) is 3.27. The van der Waals surface area contributed by atoms with Crippen molar-refractivity contribution in [1.29, 1.82) is 0 Å². The van der Waals surface area contributed by atoms with E-state index < -0.39 is 0 Å². The number of rotatable bonds is 3. The molecule has 0 aliphatic heterocycles. The maximum Gasteiger partial charge on any atom is 0.120 e. The van der Waals surface area contributed by atoms with E-state index in [1.165, 1.54) is 6.42 Å². The standard InChI is InChI=1S/C15H21BrO2/c1-10-3-4-13(7-11(10)2)18-14-5-6-15(16)12(8-14)9-17/h5-6,8,10-11,13,17H,3-4,7,9H2,1-2H3. The maximum atomic E-state index is 9.24. The number of halogens is 1. The zero-order chi connectivity index (χ0) is 13.1. The molecule has 0 bridgehead atoms. The highest BCUT2D eigenvalue weighted by atomic mass is 79.9. The molecular formula is C15H21BrO2. The summed E-state index contributed by atoms with van der Waals surface area (Å²) in [6.07, 6.45) is 3.83. The van der Waals surface area contributed by atoms with Crippen molar-refractivity contribution in [1.82, 2.24) is 0 Å². The molecule has 1 aromatic rings. The van der Waals surface area contributed by atoms with E-state index in [0.717, 1.165) is 40.5 Å². The number of aliphatic hydroxyl groups excluding tert-OH is 1. The minimum atomic E-state index is 0.0376. The lowest BCUT2D eigenvalue weighted by Gasteiger charge is -2.32. The van der Waals surface area contributed by atoms with Crippen molar-refractivity contribution in [3.05, 3.63) is 28.2 Å². The number of hydrogen-bond acceptors (Lipinski definition) is 2. The molecule has 3 unspecified atom stereocenters. The van der Waals surface area contributed by atoms with Crippen molar-refractivity contribution < 1.29 is 9.84 Å². The van der Waals surface area contributed by atoms with Crippen LogP contribution in [0.1, 0.15) is 38.7 Å². The Morgan fingerprint density at radius 1 is 1.28 bits per heavy atom. The van der Waals surface area contributed by atoms with Gasteiger partial charge in [-0.3, -0.25) is 0 Å². The summed E-state index contributed by atoms with van der Waals surface area (Å²) in [7, 11) is 0. The zero-order valence-corrected chi connectivity index (χ0v) is 12.6. The van der Waals surface area contributed by atoms with Crippen LogP contribution in [0, 0.1) is 11.8 Å². The van der Waals surface area contributed by atoms with Crippen LogP contribution in [0.5, 0.6) is 5.75 Å². The minimum Gasteiger partial charge on any atom is -0.490 e. The van der Waals surface area contributed by atoms with Crippen LogP contribution >= 0.6 is 15.9 Å². The van der Waals surface area contributed by atoms with Crippen LogP contribution in [-0.4, -0.2) is 11.2 Å². The Hall–Kier alpha value is -0.540. The lowest BCUT2D eigenvalue weighted by atomic mass is 9.80. The van der Waals surface area contributed by atoms with Crippen molar-refractivity contribution in [2.75, 3.05) is 0 Å². The summed E-state index contributed by atoms with van der Waals surface area (Å²) < 4.78 is 6.97. The molecule has 18 heavy (non-hydrogen) atoms. The Labute approximate surface area is 117 Å². The van der Waals surface area contributed by atoms with E-state index in [4.69, 9.17) is 4.74 Å². The molecule has 0 heterocycles. The molecule has 1 N–H and O–H groups in total. The van der Waals surface area contributed by atoms with Gasteiger partial charge >= 0.3 is 0 Å². The maximum absolute atomic E-state index is 9.24. The second kappa shape index (κ2) is 6.07. The van der Waals surface area contributed by atoms with E-state index in [1.807, 2.05) is 18.2 Å². The van der Waals surface area contributed by atoms with E-state index in [2.05, 4.69) is 29.8 Å². The first-order valence-corrected chi connectivity index (χ1v) is 7.45. The first kappa shape index (κ1) is 13.9. The predicted molar refractivity (Wildman–Crippen MR) is 76.7 cm³/mol. The molecule has 1 saturated carbocycles. The summed E-state index contributed by atoms with van der Waals surface area (Å²) in [6.45, 7) is 4.67. The van der Waals surface area contributed by atoms with Gasteiger partial charge in [-0.05, 0) is 54.9 Å². The summed E-state index contributed by atoms with van der Waals surface area (Å²) in [5, 5.41) is 9.24. The Balaban J connectivity index is 2.01. The molecule has 2 nitrogen and oxygen atoms in total. The number of hydrogen-bond donors (Lipinski definition) is 1. The van der Waals surface area contributed by atoms with Crippen LogP contribution < -0.4 is 4.74 Å². The number of aliphatic hydroxyl groups is 1. The average molecular weight is 313 g/mol. The molecule has 1 fully saturated rings. The summed E-state index contributed by atoms with van der Waals surface area (Å²) in [5.74, 6) is 2.41. The van der Waals surface area contributed by atoms with Crippen molar-refractivity contribution in [2.24, 2.45) is 11.8 Å². The third-order valence-electron chi connectivity index (χ3n) is 4.04. The fraction of sp³-hybridized carbons (Fsp3) is 0.600. The summed E-state index contributed by atoms with van der Waals surface area (Å²) >= 11 is 3.42. The topological polar surface area (TPSA) is 29.5 Å². The van der Waals surface area contributed by atoms with Crippen molar-refractivity contribution in [3.8, 4) is 5.75 Å². The normalized spacial score (nSPS) is 28.1. The van der Waals surface area contributed by atoms with Gasteiger partial charge in [-0.2, -0.15) is 0 Å². The molecule has 1 aliphatic rings. The molecule has 1 aliphatic carbocycles. The van der Waals surface area contributed by atoms with Gasteiger partial charge in [-0.25, -0.2) is 0 Å². The van der Waals surface area contributed by atoms with Gasteiger partial charge < -0.3 is 9.84 Å². The lowest BCUT2D eigenvalue weighted by Crippen LogP contribution is -2.28. The van der Waals surface area contributed by atoms with Crippen LogP contribution in [0.25, 0.3) is 0 Å². The van der Waals surface area contributed by atoms with E-state index in [1.54, 1.807) is 0 Å². The second-order valence-corrected chi connectivity index (χ2v) is 6.27. The van der Waals surface area contributed by atoms with Gasteiger partial charge in [0, 0.05) is 4.47 Å². The van der Waals surface area contributed by atoms with Crippen LogP contribution in [0.15, 0.2) is 22.7 Å². The van der Waals surface area contributed by atoms with Crippen LogP contribution in [0.4, 0.5) is 0 Å². The summed E-state index contributed by atoms with van der Waals surface area (Å²) in [5.41, 5.74) is 0.879. The number of ether oxygens (including phenoxy) is 1. The molecule has 1 aromatic carbocycles. The van der Waals surface area contributed by atoms with Crippen LogP contribution in [0.2, 0.25) is 0 Å². The van der Waals surface area contributed by atoms with Gasteiger partial charge in [0.2, 0.25) is 0 Å². The third-order valence-corrected chi connectivity index (χ3v) is 4.81. The van der Waals surface area contributed by atoms with Gasteiger partial charge in [-0.1, -0.05) is 29.8 Å². The Bertz CT molecular complexity index is 405. The molecule has 100 valence electrons. The lowest BCUT2D eigenvalue weighted by molar-refractivity contribution is 0.100. The van der Waals surface area contributed by atoms with Gasteiger partial charge in [0.05, 0.1) is 12.7 Å². The van der Waals surface area contributed by atoms with Gasteiger partial charge in [0.15, 0.2) is 0 Å². The van der Waals surface area contributed by atoms with Crippen LogP contribution in [-0.2, 0) is 6.61 Å². The molecule has 0 saturated heterocycles. The molecule has 3 heteroatoms. The average Bonchev–Trinajstić information content (AvgIpc) is 2.36. The SMILES string of the molecule is CC1CCC(Oc2ccc(Br)c(CO)c2)CC1C. The number of benzene rings is 1. The molecule has 3 atom stereocenters. The zero-order valence-electron chi connectivity index (χ0n) is 11.0. The van der Waals surface area contributed by atoms with E-state index in [0.29, 0.717) is 6.10 Å². The smallest absolute Gasteiger partial charge is 0.120 e. The highest BCUT2D eigenvalue weighted by Gasteiger charge is 2.25. The Morgan fingerprint density at radius 3 is 2.72 bits per heavy atom. The highest BCUT2D eigenvalue weighted by molar-refractivity contribution is 9.10. The van der Waals surface area contributed by atoms with Gasteiger partial charge in [0.25, 0.3) is 0 Å². The van der Waals surface area contributed by atoms with Gasteiger partial charge in [-0.15, -0.1) is 0 Å². The molecule has 0 radical (unpaired) electrons. The monoisotopic (exact) mass is 312 g/mol. The quantitative estimate of drug-likeness (QED) is 0.908. The Kier molecular flexibility index (Phi) is 4.68. The van der Waals surface area contributed by atoms with Crippen molar-refractivity contribution in [3.63, 3.8) is 0 Å². The van der Waals surface area contributed by atoms with Crippen molar-refractivity contribution in [2.45, 2.75) is 45.8 Å². The van der Waals surface area contributed by atoms with E-state index in [9.17, 15) is 5.11 Å². The predicted octanol–water partition coefficient (Wildman–Crippen LogP) is 4.14. The van der Waals surface area contributed by atoms with E-state index >= 15 is 0 Å². The summed E-state index contributed by atoms with van der Waals surface area (Å²) in [4.78, 5) is 0. The second-order valence-electron chi connectivity index (χ2n) is 5.42. The molecular weight excluding hydrogens is 292 g/mol. The Morgan fingerprint density at radius 2 is 2.06 bits per heavy atom. The minimum absolute atomic E-state index is 0.0376. The largest absolute Gasteiger partial charge is 0.490 e. The first-order valence-electron chi connectivity index (χ1n) is 6.66. The fourth-order valence-corrected chi connectivity index (χ4v) is 2.92. The first-order chi connectivity index (χ1) is 8.60. The fourth-order valence-electron chi connectivity index (χ4n) is 2.54. The van der Waals surface area contributed by atoms with Crippen LogP contribution in [0.3, 0.4) is 0 Å². The highest BCUT2D eigenvalue weighted by Crippen LogP contribution is 2.32.